The molecule has 0 amide bonds. The van der Waals surface area contributed by atoms with Crippen LogP contribution in [0.1, 0.15) is 19.8 Å². The standard InChI is InChI=1S/C8H17O3/c1-2-5-10-7-8-11-6-3-4-9/h2-8H2,1H3. The second-order valence-corrected chi connectivity index (χ2v) is 2.28. The molecule has 0 aliphatic heterocycles. The molecule has 0 rings (SSSR count). The number of hydrogen-bond donors (Lipinski definition) is 0. The molecule has 3 nitrogen and oxygen atoms in total. The van der Waals surface area contributed by atoms with Crippen molar-refractivity contribution in [3.63, 3.8) is 0 Å². The van der Waals surface area contributed by atoms with Gasteiger partial charge in [-0.05, 0) is 12.8 Å². The van der Waals surface area contributed by atoms with Gasteiger partial charge >= 0.3 is 0 Å². The third-order valence-electron chi connectivity index (χ3n) is 1.15. The van der Waals surface area contributed by atoms with Crippen molar-refractivity contribution in [2.45, 2.75) is 19.8 Å². The lowest BCUT2D eigenvalue weighted by Gasteiger charge is -2.02. The summed E-state index contributed by atoms with van der Waals surface area (Å²) in [6.07, 6.45) is 1.65. The normalized spacial score (nSPS) is 10.4. The minimum absolute atomic E-state index is 0.0458. The van der Waals surface area contributed by atoms with Crippen LogP contribution in [0.5, 0.6) is 0 Å². The predicted octanol–water partition coefficient (Wildman–Crippen LogP) is 1.25. The van der Waals surface area contributed by atoms with Gasteiger partial charge in [-0.15, -0.1) is 0 Å². The maximum Gasteiger partial charge on any atom is 0.0844 e. The molecular weight excluding hydrogens is 144 g/mol. The van der Waals surface area contributed by atoms with E-state index in [2.05, 4.69) is 6.92 Å². The molecule has 0 unspecified atom stereocenters. The molecular formula is C8H17O3. The Morgan fingerprint density at radius 3 is 2.18 bits per heavy atom. The highest BCUT2D eigenvalue weighted by Crippen LogP contribution is 1.83. The quantitative estimate of drug-likeness (QED) is 0.502. The van der Waals surface area contributed by atoms with E-state index in [1.165, 1.54) is 0 Å². The summed E-state index contributed by atoms with van der Waals surface area (Å²) in [6.45, 7) is 4.64. The van der Waals surface area contributed by atoms with Gasteiger partial charge in [0, 0.05) is 13.2 Å². The molecule has 0 bridgehead atoms. The minimum Gasteiger partial charge on any atom is -0.379 e. The van der Waals surface area contributed by atoms with Gasteiger partial charge in [0.2, 0.25) is 0 Å². The highest BCUT2D eigenvalue weighted by atomic mass is 16.5. The Bertz CT molecular complexity index is 58.4. The topological polar surface area (TPSA) is 38.4 Å². The zero-order valence-electron chi connectivity index (χ0n) is 7.17. The Kier molecular flexibility index (Phi) is 9.77. The van der Waals surface area contributed by atoms with Crippen molar-refractivity contribution in [2.24, 2.45) is 0 Å². The summed E-state index contributed by atoms with van der Waals surface area (Å²) in [4.78, 5) is 0. The van der Waals surface area contributed by atoms with Crippen LogP contribution in [0.25, 0.3) is 0 Å². The summed E-state index contributed by atoms with van der Waals surface area (Å²) >= 11 is 0. The van der Waals surface area contributed by atoms with Crippen LogP contribution in [0.15, 0.2) is 0 Å². The van der Waals surface area contributed by atoms with Gasteiger partial charge < -0.3 is 9.47 Å². The van der Waals surface area contributed by atoms with E-state index >= 15 is 0 Å². The largest absolute Gasteiger partial charge is 0.379 e. The highest BCUT2D eigenvalue weighted by molar-refractivity contribution is 4.33. The van der Waals surface area contributed by atoms with Crippen molar-refractivity contribution in [3.8, 4) is 0 Å². The van der Waals surface area contributed by atoms with E-state index < -0.39 is 0 Å². The van der Waals surface area contributed by atoms with Crippen molar-refractivity contribution in [2.75, 3.05) is 33.0 Å². The Hall–Kier alpha value is -0.120. The highest BCUT2D eigenvalue weighted by Gasteiger charge is 1.88. The lowest BCUT2D eigenvalue weighted by molar-refractivity contribution is 0.0388. The number of hydrogen-bond acceptors (Lipinski definition) is 2. The molecule has 0 aromatic carbocycles. The lowest BCUT2D eigenvalue weighted by Crippen LogP contribution is -2.06. The fraction of sp³-hybridized carbons (Fsp3) is 1.00. The fourth-order valence-corrected chi connectivity index (χ4v) is 0.627. The van der Waals surface area contributed by atoms with Crippen LogP contribution in [0, 0.1) is 0 Å². The summed E-state index contributed by atoms with van der Waals surface area (Å²) in [5.74, 6) is 0. The zero-order chi connectivity index (χ0) is 8.36. The summed E-state index contributed by atoms with van der Waals surface area (Å²) < 4.78 is 10.3. The van der Waals surface area contributed by atoms with Gasteiger partial charge in [0.05, 0.1) is 19.8 Å². The molecule has 0 N–H and O–H groups in total. The Labute approximate surface area is 68.3 Å². The first-order valence-electron chi connectivity index (χ1n) is 4.15. The van der Waals surface area contributed by atoms with Crippen LogP contribution >= 0.6 is 0 Å². The molecule has 1 radical (unpaired) electrons. The Morgan fingerprint density at radius 1 is 1.00 bits per heavy atom. The number of rotatable bonds is 8. The summed E-state index contributed by atoms with van der Waals surface area (Å²) in [5, 5.41) is 9.95. The van der Waals surface area contributed by atoms with Gasteiger partial charge in [-0.3, -0.25) is 0 Å². The van der Waals surface area contributed by atoms with E-state index in [1.54, 1.807) is 0 Å². The van der Waals surface area contributed by atoms with Gasteiger partial charge in [0.1, 0.15) is 0 Å². The summed E-state index contributed by atoms with van der Waals surface area (Å²) in [7, 11) is 0. The van der Waals surface area contributed by atoms with Crippen LogP contribution in [-0.4, -0.2) is 33.0 Å². The lowest BCUT2D eigenvalue weighted by atomic mass is 10.5. The minimum atomic E-state index is -0.0458. The first kappa shape index (κ1) is 10.9. The molecule has 0 saturated carbocycles. The predicted molar refractivity (Wildman–Crippen MR) is 42.1 cm³/mol. The van der Waals surface area contributed by atoms with Crippen molar-refractivity contribution >= 4 is 0 Å². The van der Waals surface area contributed by atoms with Crippen LogP contribution in [0.3, 0.4) is 0 Å². The molecule has 0 heterocycles. The van der Waals surface area contributed by atoms with Gasteiger partial charge in [0.25, 0.3) is 0 Å². The smallest absolute Gasteiger partial charge is 0.0844 e. The van der Waals surface area contributed by atoms with Crippen LogP contribution in [-0.2, 0) is 14.6 Å². The van der Waals surface area contributed by atoms with Gasteiger partial charge in [-0.2, -0.15) is 0 Å². The van der Waals surface area contributed by atoms with E-state index in [-0.39, 0.29) is 6.61 Å². The molecule has 0 spiro atoms. The second kappa shape index (κ2) is 9.88. The average Bonchev–Trinajstić information content (AvgIpc) is 2.03. The third-order valence-corrected chi connectivity index (χ3v) is 1.15. The molecule has 11 heavy (non-hydrogen) atoms. The third kappa shape index (κ3) is 9.88. The first-order valence-corrected chi connectivity index (χ1v) is 4.15. The van der Waals surface area contributed by atoms with E-state index in [4.69, 9.17) is 9.47 Å². The second-order valence-electron chi connectivity index (χ2n) is 2.28. The van der Waals surface area contributed by atoms with E-state index in [1.807, 2.05) is 0 Å². The van der Waals surface area contributed by atoms with E-state index in [0.717, 1.165) is 13.0 Å². The number of ether oxygens (including phenoxy) is 2. The Morgan fingerprint density at radius 2 is 1.64 bits per heavy atom. The van der Waals surface area contributed by atoms with Crippen LogP contribution < -0.4 is 0 Å². The molecule has 0 aromatic rings. The van der Waals surface area contributed by atoms with Crippen LogP contribution in [0.2, 0.25) is 0 Å². The van der Waals surface area contributed by atoms with Crippen molar-refractivity contribution in [1.29, 1.82) is 0 Å². The maximum atomic E-state index is 9.95. The van der Waals surface area contributed by atoms with Crippen molar-refractivity contribution in [1.82, 2.24) is 0 Å². The summed E-state index contributed by atoms with van der Waals surface area (Å²) in [6, 6.07) is 0. The monoisotopic (exact) mass is 161 g/mol. The average molecular weight is 161 g/mol. The molecule has 0 aliphatic rings. The van der Waals surface area contributed by atoms with Gasteiger partial charge in [0.15, 0.2) is 0 Å². The molecule has 67 valence electrons. The Balaban J connectivity index is 2.69. The van der Waals surface area contributed by atoms with Gasteiger partial charge in [-0.25, -0.2) is 5.11 Å². The van der Waals surface area contributed by atoms with E-state index in [9.17, 15) is 5.11 Å². The molecule has 0 saturated heterocycles. The van der Waals surface area contributed by atoms with Crippen molar-refractivity contribution < 1.29 is 14.6 Å². The fourth-order valence-electron chi connectivity index (χ4n) is 0.627. The van der Waals surface area contributed by atoms with Crippen molar-refractivity contribution in [3.05, 3.63) is 0 Å². The molecule has 0 aromatic heterocycles. The maximum absolute atomic E-state index is 9.95. The molecule has 3 heteroatoms. The van der Waals surface area contributed by atoms with Crippen LogP contribution in [0.4, 0.5) is 0 Å². The first-order chi connectivity index (χ1) is 5.41. The van der Waals surface area contributed by atoms with E-state index in [0.29, 0.717) is 26.2 Å². The summed E-state index contributed by atoms with van der Waals surface area (Å²) in [5.41, 5.74) is 0. The molecule has 0 atom stereocenters. The molecule has 0 fully saturated rings. The zero-order valence-corrected chi connectivity index (χ0v) is 7.17. The SMILES string of the molecule is CCCOCCOCCC[O]. The van der Waals surface area contributed by atoms with Gasteiger partial charge in [-0.1, -0.05) is 6.92 Å². The molecule has 0 aliphatic carbocycles.